The van der Waals surface area contributed by atoms with E-state index in [4.69, 9.17) is 9.47 Å². The number of benzene rings is 1. The summed E-state index contributed by atoms with van der Waals surface area (Å²) in [6.45, 7) is 5.83. The van der Waals surface area contributed by atoms with E-state index in [1.807, 2.05) is 20.8 Å². The maximum atomic E-state index is 14.2. The van der Waals surface area contributed by atoms with Gasteiger partial charge in [-0.15, -0.1) is 11.3 Å². The molecule has 2 aromatic rings. The molecular formula is C19H24FNO5S. The molecule has 1 aromatic heterocycles. The van der Waals surface area contributed by atoms with E-state index in [9.17, 15) is 19.1 Å². The number of amides is 1. The van der Waals surface area contributed by atoms with Crippen molar-refractivity contribution in [3.63, 3.8) is 0 Å². The van der Waals surface area contributed by atoms with Gasteiger partial charge in [0.05, 0.1) is 17.1 Å². The topological polar surface area (TPSA) is 84.9 Å². The van der Waals surface area contributed by atoms with Crippen LogP contribution < -0.4 is 5.32 Å². The quantitative estimate of drug-likeness (QED) is 0.711. The molecule has 0 spiro atoms. The van der Waals surface area contributed by atoms with Crippen LogP contribution in [0, 0.1) is 5.82 Å². The zero-order valence-corrected chi connectivity index (χ0v) is 16.6. The van der Waals surface area contributed by atoms with Crippen LogP contribution in [-0.2, 0) is 20.9 Å². The summed E-state index contributed by atoms with van der Waals surface area (Å²) in [6.07, 6.45) is 0.122. The molecule has 6 nitrogen and oxygen atoms in total. The molecule has 0 radical (unpaired) electrons. The van der Waals surface area contributed by atoms with Crippen molar-refractivity contribution >= 4 is 33.3 Å². The minimum Gasteiger partial charge on any atom is -0.480 e. The van der Waals surface area contributed by atoms with Gasteiger partial charge in [0.25, 0.3) is 5.91 Å². The van der Waals surface area contributed by atoms with E-state index in [0.717, 1.165) is 11.3 Å². The highest BCUT2D eigenvalue weighted by atomic mass is 32.1. The fourth-order valence-corrected chi connectivity index (χ4v) is 3.72. The Balaban J connectivity index is 2.23. The van der Waals surface area contributed by atoms with Gasteiger partial charge in [-0.25, -0.2) is 9.18 Å². The molecule has 0 saturated carbocycles. The van der Waals surface area contributed by atoms with Gasteiger partial charge in [0.2, 0.25) is 0 Å². The Kier molecular flexibility index (Phi) is 6.91. The summed E-state index contributed by atoms with van der Waals surface area (Å²) >= 11 is 1.11. The van der Waals surface area contributed by atoms with Crippen LogP contribution in [0.4, 0.5) is 4.39 Å². The zero-order valence-electron chi connectivity index (χ0n) is 15.8. The van der Waals surface area contributed by atoms with Crippen molar-refractivity contribution in [2.24, 2.45) is 0 Å². The minimum absolute atomic E-state index is 0.0502. The van der Waals surface area contributed by atoms with Crippen molar-refractivity contribution in [3.05, 3.63) is 34.5 Å². The van der Waals surface area contributed by atoms with E-state index >= 15 is 0 Å². The third-order valence-electron chi connectivity index (χ3n) is 3.80. The predicted molar refractivity (Wildman–Crippen MR) is 102 cm³/mol. The summed E-state index contributed by atoms with van der Waals surface area (Å²) in [5.74, 6) is -2.16. The molecule has 0 aliphatic rings. The van der Waals surface area contributed by atoms with Gasteiger partial charge < -0.3 is 19.9 Å². The SMILES string of the molecule is COCc1c(C(=O)NC(CCOC(C)(C)C)C(=O)O)sc2cccc(F)c12. The lowest BCUT2D eigenvalue weighted by Crippen LogP contribution is -2.42. The molecule has 2 rings (SSSR count). The third-order valence-corrected chi connectivity index (χ3v) is 5.00. The summed E-state index contributed by atoms with van der Waals surface area (Å²) in [4.78, 5) is 24.5. The number of fused-ring (bicyclic) bond motifs is 1. The molecule has 0 saturated heterocycles. The number of carbonyl (C=O) groups is 2. The van der Waals surface area contributed by atoms with Crippen molar-refractivity contribution in [1.29, 1.82) is 0 Å². The van der Waals surface area contributed by atoms with Crippen LogP contribution in [0.2, 0.25) is 0 Å². The number of halogens is 1. The van der Waals surface area contributed by atoms with Gasteiger partial charge >= 0.3 is 5.97 Å². The number of methoxy groups -OCH3 is 1. The summed E-state index contributed by atoms with van der Waals surface area (Å²) in [5.41, 5.74) is 0.0185. The molecule has 1 aromatic carbocycles. The first-order chi connectivity index (χ1) is 12.6. The number of thiophene rings is 1. The lowest BCUT2D eigenvalue weighted by molar-refractivity contribution is -0.140. The predicted octanol–water partition coefficient (Wildman–Crippen LogP) is 3.58. The van der Waals surface area contributed by atoms with E-state index in [-0.39, 0.29) is 24.5 Å². The Morgan fingerprint density at radius 3 is 2.63 bits per heavy atom. The number of carboxylic acids is 1. The highest BCUT2D eigenvalue weighted by Gasteiger charge is 2.26. The van der Waals surface area contributed by atoms with Gasteiger partial charge in [0.15, 0.2) is 0 Å². The van der Waals surface area contributed by atoms with Gasteiger partial charge in [-0.2, -0.15) is 0 Å². The zero-order chi connectivity index (χ0) is 20.2. The Hall–Kier alpha value is -2.03. The van der Waals surface area contributed by atoms with Gasteiger partial charge in [-0.1, -0.05) is 6.07 Å². The number of carboxylic acid groups (broad SMARTS) is 1. The molecule has 0 fully saturated rings. The standard InChI is InChI=1S/C19H24FNO5S/c1-19(2,3)26-9-8-13(18(23)24)21-17(22)16-11(10-25-4)15-12(20)6-5-7-14(15)27-16/h5-7,13H,8-10H2,1-4H3,(H,21,22)(H,23,24). The van der Waals surface area contributed by atoms with Crippen molar-refractivity contribution in [1.82, 2.24) is 5.32 Å². The summed E-state index contributed by atoms with van der Waals surface area (Å²) in [6, 6.07) is 3.49. The average Bonchev–Trinajstić information content (AvgIpc) is 2.93. The van der Waals surface area contributed by atoms with Crippen LogP contribution in [0.5, 0.6) is 0 Å². The molecule has 1 unspecified atom stereocenters. The van der Waals surface area contributed by atoms with E-state index in [1.54, 1.807) is 12.1 Å². The van der Waals surface area contributed by atoms with Crippen molar-refractivity contribution in [3.8, 4) is 0 Å². The van der Waals surface area contributed by atoms with Crippen LogP contribution in [0.25, 0.3) is 10.1 Å². The van der Waals surface area contributed by atoms with E-state index < -0.39 is 29.3 Å². The Morgan fingerprint density at radius 1 is 1.33 bits per heavy atom. The van der Waals surface area contributed by atoms with Gasteiger partial charge in [-0.05, 0) is 32.9 Å². The van der Waals surface area contributed by atoms with Gasteiger partial charge in [-0.3, -0.25) is 4.79 Å². The van der Waals surface area contributed by atoms with Gasteiger partial charge in [0, 0.05) is 35.8 Å². The largest absolute Gasteiger partial charge is 0.480 e. The van der Waals surface area contributed by atoms with Crippen LogP contribution >= 0.6 is 11.3 Å². The molecule has 148 valence electrons. The molecule has 0 bridgehead atoms. The first kappa shape index (κ1) is 21.3. The number of hydrogen-bond acceptors (Lipinski definition) is 5. The molecule has 0 aliphatic carbocycles. The molecule has 2 N–H and O–H groups in total. The number of aliphatic carboxylic acids is 1. The molecule has 27 heavy (non-hydrogen) atoms. The second-order valence-corrected chi connectivity index (χ2v) is 8.12. The van der Waals surface area contributed by atoms with Gasteiger partial charge in [0.1, 0.15) is 11.9 Å². The Morgan fingerprint density at radius 2 is 2.04 bits per heavy atom. The smallest absolute Gasteiger partial charge is 0.326 e. The normalized spacial score (nSPS) is 12.9. The lowest BCUT2D eigenvalue weighted by Gasteiger charge is -2.21. The molecule has 0 aliphatic heterocycles. The van der Waals surface area contributed by atoms with Crippen LogP contribution in [0.3, 0.4) is 0 Å². The number of ether oxygens (including phenoxy) is 2. The van der Waals surface area contributed by atoms with Crippen molar-refractivity contribution in [2.45, 2.75) is 45.4 Å². The number of hydrogen-bond donors (Lipinski definition) is 2. The highest BCUT2D eigenvalue weighted by Crippen LogP contribution is 2.33. The Bertz CT molecular complexity index is 827. The third kappa shape index (κ3) is 5.47. The van der Waals surface area contributed by atoms with E-state index in [2.05, 4.69) is 5.32 Å². The van der Waals surface area contributed by atoms with E-state index in [0.29, 0.717) is 15.6 Å². The second kappa shape index (κ2) is 8.77. The minimum atomic E-state index is -1.15. The van der Waals surface area contributed by atoms with Crippen LogP contribution in [0.1, 0.15) is 42.4 Å². The molecular weight excluding hydrogens is 373 g/mol. The molecule has 1 amide bonds. The maximum Gasteiger partial charge on any atom is 0.326 e. The summed E-state index contributed by atoms with van der Waals surface area (Å²) < 4.78 is 25.5. The second-order valence-electron chi connectivity index (χ2n) is 7.07. The molecule has 8 heteroatoms. The number of carbonyl (C=O) groups excluding carboxylic acids is 1. The lowest BCUT2D eigenvalue weighted by atomic mass is 10.1. The van der Waals surface area contributed by atoms with Crippen molar-refractivity contribution in [2.75, 3.05) is 13.7 Å². The maximum absolute atomic E-state index is 14.2. The monoisotopic (exact) mass is 397 g/mol. The number of nitrogens with one attached hydrogen (secondary N) is 1. The first-order valence-electron chi connectivity index (χ1n) is 8.50. The fourth-order valence-electron chi connectivity index (χ4n) is 2.60. The van der Waals surface area contributed by atoms with Crippen LogP contribution in [-0.4, -0.2) is 42.3 Å². The number of rotatable bonds is 8. The first-order valence-corrected chi connectivity index (χ1v) is 9.32. The van der Waals surface area contributed by atoms with Crippen LogP contribution in [0.15, 0.2) is 18.2 Å². The summed E-state index contributed by atoms with van der Waals surface area (Å²) in [5, 5.41) is 12.2. The van der Waals surface area contributed by atoms with E-state index in [1.165, 1.54) is 13.2 Å². The van der Waals surface area contributed by atoms with Crippen molar-refractivity contribution < 1.29 is 28.6 Å². The molecule has 1 atom stereocenters. The average molecular weight is 397 g/mol. The molecule has 1 heterocycles. The fraction of sp³-hybridized carbons (Fsp3) is 0.474. The highest BCUT2D eigenvalue weighted by molar-refractivity contribution is 7.21. The summed E-state index contributed by atoms with van der Waals surface area (Å²) in [7, 11) is 1.45. The Labute approximate surface area is 161 Å².